The molecule has 1 atom stereocenters. The number of aryl methyl sites for hydroxylation is 1. The number of hydrogen-bond acceptors (Lipinski definition) is 6. The first-order valence-electron chi connectivity index (χ1n) is 4.97. The van der Waals surface area contributed by atoms with Crippen LogP contribution in [0.5, 0.6) is 0 Å². The molecule has 16 heavy (non-hydrogen) atoms. The minimum Gasteiger partial charge on any atom is -0.468 e. The fraction of sp³-hybridized carbons (Fsp3) is 0.600. The molecule has 0 saturated heterocycles. The average Bonchev–Trinajstić information content (AvgIpc) is 2.69. The zero-order chi connectivity index (χ0) is 12.0. The number of thioether (sulfide) groups is 1. The van der Waals surface area contributed by atoms with E-state index in [0.717, 1.165) is 22.2 Å². The molecule has 0 aliphatic rings. The minimum absolute atomic E-state index is 0.210. The highest BCUT2D eigenvalue weighted by atomic mass is 32.2. The van der Waals surface area contributed by atoms with E-state index in [4.69, 9.17) is 0 Å². The van der Waals surface area contributed by atoms with Gasteiger partial charge in [0.15, 0.2) is 0 Å². The topological polar surface area (TPSA) is 51.2 Å². The standard InChI is InChI=1S/C10H16N2O2S2/c1-7-6-16-10(12-7)15-5-4-8(11-2)9(13)14-3/h6,8,11H,4-5H2,1-3H3. The summed E-state index contributed by atoms with van der Waals surface area (Å²) in [6.07, 6.45) is 0.743. The maximum absolute atomic E-state index is 11.3. The molecule has 0 amide bonds. The molecule has 0 spiro atoms. The lowest BCUT2D eigenvalue weighted by atomic mass is 10.2. The van der Waals surface area contributed by atoms with Crippen molar-refractivity contribution in [2.24, 2.45) is 0 Å². The van der Waals surface area contributed by atoms with Gasteiger partial charge in [-0.3, -0.25) is 4.79 Å². The molecule has 1 unspecified atom stereocenters. The summed E-state index contributed by atoms with van der Waals surface area (Å²) in [4.78, 5) is 15.6. The van der Waals surface area contributed by atoms with Crippen molar-refractivity contribution in [1.29, 1.82) is 0 Å². The highest BCUT2D eigenvalue weighted by Gasteiger charge is 2.16. The lowest BCUT2D eigenvalue weighted by Gasteiger charge is -2.12. The zero-order valence-electron chi connectivity index (χ0n) is 9.65. The second kappa shape index (κ2) is 6.88. The van der Waals surface area contributed by atoms with E-state index in [1.807, 2.05) is 12.3 Å². The van der Waals surface area contributed by atoms with Crippen molar-refractivity contribution in [3.05, 3.63) is 11.1 Å². The zero-order valence-corrected chi connectivity index (χ0v) is 11.3. The van der Waals surface area contributed by atoms with Gasteiger partial charge in [0.25, 0.3) is 0 Å². The Balaban J connectivity index is 2.31. The third-order valence-corrected chi connectivity index (χ3v) is 4.24. The Kier molecular flexibility index (Phi) is 5.79. The second-order valence-electron chi connectivity index (χ2n) is 3.26. The molecule has 0 aliphatic heterocycles. The maximum atomic E-state index is 11.3. The predicted octanol–water partition coefficient (Wildman–Crippen LogP) is 1.69. The Morgan fingerprint density at radius 2 is 2.50 bits per heavy atom. The summed E-state index contributed by atoms with van der Waals surface area (Å²) in [6, 6.07) is -0.224. The van der Waals surface area contributed by atoms with Gasteiger partial charge in [0.05, 0.1) is 7.11 Å². The fourth-order valence-corrected chi connectivity index (χ4v) is 3.11. The number of methoxy groups -OCH3 is 1. The second-order valence-corrected chi connectivity index (χ2v) is 5.46. The molecular weight excluding hydrogens is 244 g/mol. The summed E-state index contributed by atoms with van der Waals surface area (Å²) in [6.45, 7) is 1.98. The Hall–Kier alpha value is -0.590. The highest BCUT2D eigenvalue weighted by molar-refractivity contribution is 8.01. The first kappa shape index (κ1) is 13.5. The number of esters is 1. The molecule has 4 nitrogen and oxygen atoms in total. The summed E-state index contributed by atoms with van der Waals surface area (Å²) in [5, 5.41) is 4.97. The molecule has 0 aromatic carbocycles. The van der Waals surface area contributed by atoms with Gasteiger partial charge in [-0.1, -0.05) is 11.8 Å². The van der Waals surface area contributed by atoms with Crippen LogP contribution in [0.1, 0.15) is 12.1 Å². The van der Waals surface area contributed by atoms with Crippen LogP contribution in [0.3, 0.4) is 0 Å². The molecule has 6 heteroatoms. The SMILES string of the molecule is CNC(CCSc1nc(C)cs1)C(=O)OC. The minimum atomic E-state index is -0.224. The third-order valence-electron chi connectivity index (χ3n) is 2.06. The predicted molar refractivity (Wildman–Crippen MR) is 67.1 cm³/mol. The number of aromatic nitrogens is 1. The first-order chi connectivity index (χ1) is 7.67. The van der Waals surface area contributed by atoms with Gasteiger partial charge in [0.1, 0.15) is 10.4 Å². The van der Waals surface area contributed by atoms with Crippen LogP contribution in [0.15, 0.2) is 9.72 Å². The molecule has 1 aromatic heterocycles. The Morgan fingerprint density at radius 3 is 3.00 bits per heavy atom. The van der Waals surface area contributed by atoms with Gasteiger partial charge in [-0.2, -0.15) is 0 Å². The van der Waals surface area contributed by atoms with Gasteiger partial charge in [-0.25, -0.2) is 4.98 Å². The number of nitrogens with zero attached hydrogens (tertiary/aromatic N) is 1. The van der Waals surface area contributed by atoms with Crippen molar-refractivity contribution in [3.8, 4) is 0 Å². The van der Waals surface area contributed by atoms with Crippen molar-refractivity contribution in [1.82, 2.24) is 10.3 Å². The number of carbonyl (C=O) groups excluding carboxylic acids is 1. The molecule has 1 rings (SSSR count). The monoisotopic (exact) mass is 260 g/mol. The van der Waals surface area contributed by atoms with E-state index < -0.39 is 0 Å². The highest BCUT2D eigenvalue weighted by Crippen LogP contribution is 2.23. The summed E-state index contributed by atoms with van der Waals surface area (Å²) in [5.41, 5.74) is 1.05. The molecule has 1 N–H and O–H groups in total. The van der Waals surface area contributed by atoms with Crippen LogP contribution < -0.4 is 5.32 Å². The summed E-state index contributed by atoms with van der Waals surface area (Å²) >= 11 is 3.31. The van der Waals surface area contributed by atoms with E-state index in [2.05, 4.69) is 15.0 Å². The fourth-order valence-electron chi connectivity index (χ4n) is 1.19. The molecule has 0 radical (unpaired) electrons. The lowest BCUT2D eigenvalue weighted by molar-refractivity contribution is -0.143. The van der Waals surface area contributed by atoms with E-state index in [1.54, 1.807) is 30.1 Å². The van der Waals surface area contributed by atoms with Crippen molar-refractivity contribution in [2.45, 2.75) is 23.7 Å². The van der Waals surface area contributed by atoms with Crippen LogP contribution in [0.4, 0.5) is 0 Å². The quantitative estimate of drug-likeness (QED) is 0.623. The van der Waals surface area contributed by atoms with Crippen LogP contribution in [0.25, 0.3) is 0 Å². The molecule has 0 bridgehead atoms. The van der Waals surface area contributed by atoms with E-state index in [-0.39, 0.29) is 12.0 Å². The van der Waals surface area contributed by atoms with Crippen LogP contribution >= 0.6 is 23.1 Å². The Labute approximate surface area is 104 Å². The van der Waals surface area contributed by atoms with E-state index >= 15 is 0 Å². The van der Waals surface area contributed by atoms with Crippen molar-refractivity contribution in [2.75, 3.05) is 19.9 Å². The molecular formula is C10H16N2O2S2. The molecule has 0 aliphatic carbocycles. The van der Waals surface area contributed by atoms with Crippen LogP contribution in [0, 0.1) is 6.92 Å². The Morgan fingerprint density at radius 1 is 1.75 bits per heavy atom. The molecule has 0 saturated carbocycles. The number of carbonyl (C=O) groups is 1. The number of thiazole rings is 1. The molecule has 0 fully saturated rings. The summed E-state index contributed by atoms with van der Waals surface area (Å²) in [5.74, 6) is 0.645. The van der Waals surface area contributed by atoms with Gasteiger partial charge in [-0.05, 0) is 20.4 Å². The van der Waals surface area contributed by atoms with E-state index in [9.17, 15) is 4.79 Å². The van der Waals surface area contributed by atoms with Crippen molar-refractivity contribution in [3.63, 3.8) is 0 Å². The largest absolute Gasteiger partial charge is 0.468 e. The van der Waals surface area contributed by atoms with E-state index in [1.165, 1.54) is 7.11 Å². The van der Waals surface area contributed by atoms with E-state index in [0.29, 0.717) is 0 Å². The first-order valence-corrected chi connectivity index (χ1v) is 6.84. The molecule has 1 heterocycles. The van der Waals surface area contributed by atoms with Crippen molar-refractivity contribution >= 4 is 29.1 Å². The lowest BCUT2D eigenvalue weighted by Crippen LogP contribution is -2.35. The van der Waals surface area contributed by atoms with Gasteiger partial charge in [0, 0.05) is 16.8 Å². The average molecular weight is 260 g/mol. The number of ether oxygens (including phenoxy) is 1. The van der Waals surface area contributed by atoms with Gasteiger partial charge in [-0.15, -0.1) is 11.3 Å². The number of hydrogen-bond donors (Lipinski definition) is 1. The number of nitrogens with one attached hydrogen (secondary N) is 1. The maximum Gasteiger partial charge on any atom is 0.322 e. The third kappa shape index (κ3) is 4.11. The Bertz CT molecular complexity index is 341. The van der Waals surface area contributed by atoms with Crippen molar-refractivity contribution < 1.29 is 9.53 Å². The number of rotatable bonds is 6. The van der Waals surface area contributed by atoms with Crippen LogP contribution in [-0.2, 0) is 9.53 Å². The summed E-state index contributed by atoms with van der Waals surface area (Å²) < 4.78 is 5.74. The molecule has 1 aromatic rings. The smallest absolute Gasteiger partial charge is 0.322 e. The van der Waals surface area contributed by atoms with Crippen LogP contribution in [-0.4, -0.2) is 36.9 Å². The van der Waals surface area contributed by atoms with Gasteiger partial charge in [0.2, 0.25) is 0 Å². The number of likely N-dealkylation sites (N-methyl/N-ethyl adjacent to an activating group) is 1. The summed E-state index contributed by atoms with van der Waals surface area (Å²) in [7, 11) is 3.17. The van der Waals surface area contributed by atoms with Crippen LogP contribution in [0.2, 0.25) is 0 Å². The van der Waals surface area contributed by atoms with Gasteiger partial charge >= 0.3 is 5.97 Å². The normalized spacial score (nSPS) is 12.4. The van der Waals surface area contributed by atoms with Gasteiger partial charge < -0.3 is 10.1 Å². The molecule has 90 valence electrons.